The zero-order valence-corrected chi connectivity index (χ0v) is 12.2. The van der Waals surface area contributed by atoms with Crippen LogP contribution in [0, 0.1) is 0 Å². The first-order chi connectivity index (χ1) is 9.25. The van der Waals surface area contributed by atoms with E-state index in [9.17, 15) is 4.79 Å². The molecule has 1 heterocycles. The van der Waals surface area contributed by atoms with E-state index >= 15 is 0 Å². The number of halogens is 1. The second-order valence-corrected chi connectivity index (χ2v) is 5.19. The van der Waals surface area contributed by atoms with Crippen molar-refractivity contribution in [2.45, 2.75) is 19.4 Å². The molecular formula is C14H17BrN2O2. The molecule has 4 nitrogen and oxygen atoms in total. The minimum atomic E-state index is -0.185. The molecule has 0 bridgehead atoms. The van der Waals surface area contributed by atoms with Crippen molar-refractivity contribution in [2.75, 3.05) is 13.2 Å². The first-order valence-corrected chi connectivity index (χ1v) is 7.08. The maximum Gasteiger partial charge on any atom is 0.319 e. The topological polar surface area (TPSA) is 50.4 Å². The van der Waals surface area contributed by atoms with Crippen LogP contribution in [0.25, 0.3) is 0 Å². The van der Waals surface area contributed by atoms with E-state index in [1.54, 1.807) is 6.20 Å². The van der Waals surface area contributed by atoms with Crippen molar-refractivity contribution in [3.05, 3.63) is 46.1 Å². The van der Waals surface area contributed by atoms with Crippen molar-refractivity contribution in [3.63, 3.8) is 0 Å². The van der Waals surface area contributed by atoms with Crippen LogP contribution in [-0.4, -0.2) is 19.2 Å². The Balaban J connectivity index is 1.77. The average molecular weight is 325 g/mol. The predicted octanol–water partition coefficient (Wildman–Crippen LogP) is 2.94. The maximum absolute atomic E-state index is 11.7. The van der Waals surface area contributed by atoms with Gasteiger partial charge in [-0.25, -0.2) is 4.79 Å². The van der Waals surface area contributed by atoms with Crippen molar-refractivity contribution < 1.29 is 9.53 Å². The van der Waals surface area contributed by atoms with Crippen LogP contribution in [0.15, 0.2) is 40.5 Å². The molecule has 5 heteroatoms. The van der Waals surface area contributed by atoms with E-state index in [2.05, 4.69) is 26.6 Å². The summed E-state index contributed by atoms with van der Waals surface area (Å²) in [5.41, 5.74) is 2.28. The minimum Gasteiger partial charge on any atom is -0.381 e. The van der Waals surface area contributed by atoms with Gasteiger partial charge in [-0.1, -0.05) is 34.1 Å². The zero-order chi connectivity index (χ0) is 13.5. The van der Waals surface area contributed by atoms with Crippen molar-refractivity contribution in [1.29, 1.82) is 0 Å². The van der Waals surface area contributed by atoms with Crippen LogP contribution < -0.4 is 10.6 Å². The number of ether oxygens (including phenoxy) is 1. The number of urea groups is 1. The molecule has 102 valence electrons. The summed E-state index contributed by atoms with van der Waals surface area (Å²) in [7, 11) is 0. The van der Waals surface area contributed by atoms with Gasteiger partial charge >= 0.3 is 6.03 Å². The second kappa shape index (κ2) is 7.31. The standard InChI is InChI=1S/C14H17BrN2O2/c15-13-4-2-1-3-12(13)10-17-14(18)16-9-11-5-7-19-8-6-11/h1-4,9H,5-8,10H2,(H2,16,17,18). The molecule has 2 amide bonds. The molecule has 0 saturated carbocycles. The molecule has 1 aliphatic heterocycles. The first-order valence-electron chi connectivity index (χ1n) is 6.29. The lowest BCUT2D eigenvalue weighted by Gasteiger charge is -2.14. The number of amides is 2. The minimum absolute atomic E-state index is 0.185. The van der Waals surface area contributed by atoms with Gasteiger partial charge in [0, 0.05) is 17.2 Å². The van der Waals surface area contributed by atoms with Crippen molar-refractivity contribution >= 4 is 22.0 Å². The van der Waals surface area contributed by atoms with Gasteiger partial charge in [0.1, 0.15) is 0 Å². The van der Waals surface area contributed by atoms with Crippen LogP contribution >= 0.6 is 15.9 Å². The second-order valence-electron chi connectivity index (χ2n) is 4.33. The highest BCUT2D eigenvalue weighted by atomic mass is 79.9. The summed E-state index contributed by atoms with van der Waals surface area (Å²) < 4.78 is 6.25. The van der Waals surface area contributed by atoms with Gasteiger partial charge in [-0.15, -0.1) is 0 Å². The highest BCUT2D eigenvalue weighted by molar-refractivity contribution is 9.10. The summed E-state index contributed by atoms with van der Waals surface area (Å²) in [6, 6.07) is 7.64. The van der Waals surface area contributed by atoms with Crippen LogP contribution in [0.1, 0.15) is 18.4 Å². The van der Waals surface area contributed by atoms with E-state index in [1.807, 2.05) is 24.3 Å². The number of carbonyl (C=O) groups is 1. The Hall–Kier alpha value is -1.33. The number of hydrogen-bond acceptors (Lipinski definition) is 2. The van der Waals surface area contributed by atoms with Gasteiger partial charge in [-0.05, 0) is 30.0 Å². The molecule has 2 N–H and O–H groups in total. The van der Waals surface area contributed by atoms with Crippen LogP contribution in [0.3, 0.4) is 0 Å². The number of hydrogen-bond donors (Lipinski definition) is 2. The molecule has 1 aromatic rings. The summed E-state index contributed by atoms with van der Waals surface area (Å²) in [6.45, 7) is 1.98. The molecule has 19 heavy (non-hydrogen) atoms. The normalized spacial score (nSPS) is 14.9. The van der Waals surface area contributed by atoms with Gasteiger partial charge in [-0.3, -0.25) is 0 Å². The van der Waals surface area contributed by atoms with Crippen molar-refractivity contribution in [1.82, 2.24) is 10.6 Å². The Kier molecular flexibility index (Phi) is 5.42. The van der Waals surface area contributed by atoms with E-state index < -0.39 is 0 Å². The molecular weight excluding hydrogens is 308 g/mol. The van der Waals surface area contributed by atoms with Crippen molar-refractivity contribution in [2.24, 2.45) is 0 Å². The zero-order valence-electron chi connectivity index (χ0n) is 10.6. The van der Waals surface area contributed by atoms with Gasteiger partial charge in [0.25, 0.3) is 0 Å². The Morgan fingerprint density at radius 2 is 2.05 bits per heavy atom. The Bertz CT molecular complexity index is 466. The molecule has 0 aromatic heterocycles. The van der Waals surface area contributed by atoms with Gasteiger partial charge in [0.15, 0.2) is 0 Å². The third-order valence-corrected chi connectivity index (χ3v) is 3.71. The molecule has 0 radical (unpaired) electrons. The lowest BCUT2D eigenvalue weighted by atomic mass is 10.1. The lowest BCUT2D eigenvalue weighted by molar-refractivity contribution is 0.119. The summed E-state index contributed by atoms with van der Waals surface area (Å²) in [5, 5.41) is 5.58. The Morgan fingerprint density at radius 3 is 2.79 bits per heavy atom. The van der Waals surface area contributed by atoms with Gasteiger partial charge in [-0.2, -0.15) is 0 Å². The van der Waals surface area contributed by atoms with E-state index in [-0.39, 0.29) is 6.03 Å². The van der Waals surface area contributed by atoms with E-state index in [0.717, 1.165) is 36.1 Å². The van der Waals surface area contributed by atoms with Crippen molar-refractivity contribution in [3.8, 4) is 0 Å². The summed E-state index contributed by atoms with van der Waals surface area (Å²) in [5.74, 6) is 0. The Morgan fingerprint density at radius 1 is 1.32 bits per heavy atom. The lowest BCUT2D eigenvalue weighted by Crippen LogP contribution is -2.32. The van der Waals surface area contributed by atoms with Gasteiger partial charge in [0.05, 0.1) is 13.2 Å². The number of carbonyl (C=O) groups excluding carboxylic acids is 1. The number of nitrogens with one attached hydrogen (secondary N) is 2. The van der Waals surface area contributed by atoms with Crippen LogP contribution in [-0.2, 0) is 11.3 Å². The predicted molar refractivity (Wildman–Crippen MR) is 77.6 cm³/mol. The molecule has 0 unspecified atom stereocenters. The van der Waals surface area contributed by atoms with Gasteiger partial charge in [0.2, 0.25) is 0 Å². The number of benzene rings is 1. The quantitative estimate of drug-likeness (QED) is 0.898. The fraction of sp³-hybridized carbons (Fsp3) is 0.357. The van der Waals surface area contributed by atoms with E-state index in [1.165, 1.54) is 5.57 Å². The molecule has 1 fully saturated rings. The highest BCUT2D eigenvalue weighted by Crippen LogP contribution is 2.15. The summed E-state index contributed by atoms with van der Waals surface area (Å²) >= 11 is 3.45. The largest absolute Gasteiger partial charge is 0.381 e. The smallest absolute Gasteiger partial charge is 0.319 e. The Labute approximate surface area is 121 Å². The van der Waals surface area contributed by atoms with E-state index in [4.69, 9.17) is 4.74 Å². The molecule has 0 atom stereocenters. The summed E-state index contributed by atoms with van der Waals surface area (Å²) in [4.78, 5) is 11.7. The summed E-state index contributed by atoms with van der Waals surface area (Å²) in [6.07, 6.45) is 3.58. The fourth-order valence-electron chi connectivity index (χ4n) is 1.81. The molecule has 1 aromatic carbocycles. The molecule has 0 spiro atoms. The third-order valence-electron chi connectivity index (χ3n) is 2.94. The van der Waals surface area contributed by atoms with E-state index in [0.29, 0.717) is 6.54 Å². The van der Waals surface area contributed by atoms with Crippen LogP contribution in [0.5, 0.6) is 0 Å². The monoisotopic (exact) mass is 324 g/mol. The SMILES string of the molecule is O=C(NC=C1CCOCC1)NCc1ccccc1Br. The molecule has 1 saturated heterocycles. The number of rotatable bonds is 3. The maximum atomic E-state index is 11.7. The molecule has 0 aliphatic carbocycles. The molecule has 2 rings (SSSR count). The fourth-order valence-corrected chi connectivity index (χ4v) is 2.24. The van der Waals surface area contributed by atoms with Crippen LogP contribution in [0.4, 0.5) is 4.79 Å². The highest BCUT2D eigenvalue weighted by Gasteiger charge is 2.06. The first kappa shape index (κ1) is 14.1. The molecule has 1 aliphatic rings. The average Bonchev–Trinajstić information content (AvgIpc) is 2.45. The van der Waals surface area contributed by atoms with Crippen LogP contribution in [0.2, 0.25) is 0 Å². The van der Waals surface area contributed by atoms with Gasteiger partial charge < -0.3 is 15.4 Å². The third kappa shape index (κ3) is 4.69.